The number of benzene rings is 3. The molecule has 0 aromatic heterocycles. The zero-order chi connectivity index (χ0) is 23.0. The maximum atomic E-state index is 12.8. The van der Waals surface area contributed by atoms with Crippen molar-refractivity contribution >= 4 is 34.7 Å². The van der Waals surface area contributed by atoms with Crippen LogP contribution in [0.2, 0.25) is 0 Å². The van der Waals surface area contributed by atoms with Gasteiger partial charge < -0.3 is 25.6 Å². The van der Waals surface area contributed by atoms with E-state index < -0.39 is 0 Å². The normalized spacial score (nSPS) is 12.8. The lowest BCUT2D eigenvalue weighted by Gasteiger charge is -2.22. The Morgan fingerprint density at radius 2 is 1.55 bits per heavy atom. The van der Waals surface area contributed by atoms with Crippen LogP contribution in [0, 0.1) is 0 Å². The fourth-order valence-electron chi connectivity index (χ4n) is 3.83. The molecule has 0 unspecified atom stereocenters. The van der Waals surface area contributed by atoms with E-state index in [1.165, 1.54) is 0 Å². The lowest BCUT2D eigenvalue weighted by Crippen LogP contribution is -2.24. The topological polar surface area (TPSA) is 82.7 Å². The van der Waals surface area contributed by atoms with Gasteiger partial charge >= 0.3 is 6.03 Å². The molecule has 170 valence electrons. The van der Waals surface area contributed by atoms with Gasteiger partial charge in [0, 0.05) is 30.0 Å². The Bertz CT molecular complexity index is 1090. The molecule has 4 rings (SSSR count). The van der Waals surface area contributed by atoms with Crippen molar-refractivity contribution in [1.82, 2.24) is 0 Å². The van der Waals surface area contributed by atoms with Crippen molar-refractivity contribution in [2.75, 3.05) is 40.5 Å². The summed E-state index contributed by atoms with van der Waals surface area (Å²) in [7, 11) is 0. The van der Waals surface area contributed by atoms with Crippen LogP contribution in [0.1, 0.15) is 30.1 Å². The molecule has 0 saturated carbocycles. The van der Waals surface area contributed by atoms with Crippen molar-refractivity contribution < 1.29 is 14.3 Å². The quantitative estimate of drug-likeness (QED) is 0.444. The molecule has 1 heterocycles. The van der Waals surface area contributed by atoms with Gasteiger partial charge in [-0.15, -0.1) is 0 Å². The van der Waals surface area contributed by atoms with Crippen molar-refractivity contribution in [3.63, 3.8) is 0 Å². The molecule has 0 radical (unpaired) electrons. The van der Waals surface area contributed by atoms with Gasteiger partial charge in [-0.2, -0.15) is 0 Å². The summed E-state index contributed by atoms with van der Waals surface area (Å²) < 4.78 is 5.44. The summed E-state index contributed by atoms with van der Waals surface area (Å²) in [4.78, 5) is 27.6. The van der Waals surface area contributed by atoms with Gasteiger partial charge in [0.1, 0.15) is 5.75 Å². The number of rotatable bonds is 7. The lowest BCUT2D eigenvalue weighted by molar-refractivity contribution is 0.102. The van der Waals surface area contributed by atoms with E-state index >= 15 is 0 Å². The Labute approximate surface area is 193 Å². The van der Waals surface area contributed by atoms with Crippen LogP contribution in [-0.4, -0.2) is 31.6 Å². The number of nitrogens with one attached hydrogen (secondary N) is 3. The van der Waals surface area contributed by atoms with Crippen molar-refractivity contribution in [1.29, 1.82) is 0 Å². The van der Waals surface area contributed by atoms with Gasteiger partial charge in [-0.3, -0.25) is 4.79 Å². The minimum absolute atomic E-state index is 0.200. The lowest BCUT2D eigenvalue weighted by atomic mass is 10.2. The second kappa shape index (κ2) is 10.5. The third-order valence-electron chi connectivity index (χ3n) is 5.41. The highest BCUT2D eigenvalue weighted by Gasteiger charge is 2.18. The van der Waals surface area contributed by atoms with E-state index in [1.54, 1.807) is 30.3 Å². The number of nitrogens with zero attached hydrogens (tertiary/aromatic N) is 1. The standard InChI is InChI=1S/C26H28N4O3/c1-2-33-22-13-10-20(11-14-22)28-26(32)29-23-18-21(12-15-24(23)30-16-6-7-17-30)27-25(31)19-8-4-3-5-9-19/h3-5,8-15,18H,2,6-7,16-17H2,1H3,(H,27,31)(H2,28,29,32). The highest BCUT2D eigenvalue weighted by molar-refractivity contribution is 6.06. The number of amides is 3. The van der Waals surface area contributed by atoms with Crippen LogP contribution < -0.4 is 25.6 Å². The number of anilines is 4. The molecule has 3 aromatic carbocycles. The average Bonchev–Trinajstić information content (AvgIpc) is 3.36. The largest absolute Gasteiger partial charge is 0.494 e. The summed E-state index contributed by atoms with van der Waals surface area (Å²) >= 11 is 0. The first kappa shape index (κ1) is 22.2. The molecule has 7 heteroatoms. The molecular formula is C26H28N4O3. The molecule has 0 atom stereocenters. The monoisotopic (exact) mass is 444 g/mol. The summed E-state index contributed by atoms with van der Waals surface area (Å²) in [6.07, 6.45) is 2.23. The fourth-order valence-corrected chi connectivity index (χ4v) is 3.83. The number of hydrogen-bond acceptors (Lipinski definition) is 4. The maximum absolute atomic E-state index is 12.8. The van der Waals surface area contributed by atoms with E-state index in [2.05, 4.69) is 20.9 Å². The minimum Gasteiger partial charge on any atom is -0.494 e. The van der Waals surface area contributed by atoms with Gasteiger partial charge in [0.2, 0.25) is 0 Å². The minimum atomic E-state index is -0.355. The van der Waals surface area contributed by atoms with Crippen LogP contribution >= 0.6 is 0 Å². The van der Waals surface area contributed by atoms with E-state index in [1.807, 2.05) is 49.4 Å². The van der Waals surface area contributed by atoms with E-state index in [9.17, 15) is 9.59 Å². The average molecular weight is 445 g/mol. The van der Waals surface area contributed by atoms with Crippen molar-refractivity contribution in [2.45, 2.75) is 19.8 Å². The van der Waals surface area contributed by atoms with Crippen LogP contribution in [0.25, 0.3) is 0 Å². The molecule has 0 bridgehead atoms. The Hall–Kier alpha value is -4.00. The van der Waals surface area contributed by atoms with Crippen molar-refractivity contribution in [3.8, 4) is 5.75 Å². The van der Waals surface area contributed by atoms with Gasteiger partial charge in [-0.25, -0.2) is 4.79 Å². The van der Waals surface area contributed by atoms with E-state index in [4.69, 9.17) is 4.74 Å². The molecule has 1 saturated heterocycles. The van der Waals surface area contributed by atoms with Gasteiger partial charge in [-0.05, 0) is 74.4 Å². The van der Waals surface area contributed by atoms with Gasteiger partial charge in [0.15, 0.2) is 0 Å². The van der Waals surface area contributed by atoms with Gasteiger partial charge in [0.25, 0.3) is 5.91 Å². The van der Waals surface area contributed by atoms with Gasteiger partial charge in [-0.1, -0.05) is 18.2 Å². The molecule has 33 heavy (non-hydrogen) atoms. The second-order valence-corrected chi connectivity index (χ2v) is 7.78. The van der Waals surface area contributed by atoms with Crippen molar-refractivity contribution in [2.24, 2.45) is 0 Å². The summed E-state index contributed by atoms with van der Waals surface area (Å²) in [5.41, 5.74) is 3.43. The predicted molar refractivity (Wildman–Crippen MR) is 133 cm³/mol. The predicted octanol–water partition coefficient (Wildman–Crippen LogP) is 5.58. The van der Waals surface area contributed by atoms with Crippen LogP contribution in [0.4, 0.5) is 27.5 Å². The molecular weight excluding hydrogens is 416 g/mol. The molecule has 3 amide bonds. The molecule has 3 N–H and O–H groups in total. The van der Waals surface area contributed by atoms with Crippen LogP contribution in [0.15, 0.2) is 72.8 Å². The second-order valence-electron chi connectivity index (χ2n) is 7.78. The van der Waals surface area contributed by atoms with Crippen LogP contribution in [-0.2, 0) is 0 Å². The molecule has 7 nitrogen and oxygen atoms in total. The van der Waals surface area contributed by atoms with Crippen LogP contribution in [0.3, 0.4) is 0 Å². The summed E-state index contributed by atoms with van der Waals surface area (Å²) in [5, 5.41) is 8.72. The summed E-state index contributed by atoms with van der Waals surface area (Å²) in [5.74, 6) is 0.552. The zero-order valence-electron chi connectivity index (χ0n) is 18.6. The first-order valence-corrected chi connectivity index (χ1v) is 11.2. The fraction of sp³-hybridized carbons (Fsp3) is 0.231. The number of carbonyl (C=O) groups is 2. The zero-order valence-corrected chi connectivity index (χ0v) is 18.6. The Balaban J connectivity index is 1.50. The van der Waals surface area contributed by atoms with Crippen LogP contribution in [0.5, 0.6) is 5.75 Å². The molecule has 3 aromatic rings. The highest BCUT2D eigenvalue weighted by atomic mass is 16.5. The smallest absolute Gasteiger partial charge is 0.323 e. The molecule has 0 spiro atoms. The van der Waals surface area contributed by atoms with E-state index in [0.717, 1.165) is 37.4 Å². The number of ether oxygens (including phenoxy) is 1. The Morgan fingerprint density at radius 3 is 2.24 bits per heavy atom. The van der Waals surface area contributed by atoms with E-state index in [0.29, 0.717) is 29.2 Å². The molecule has 0 aliphatic carbocycles. The number of hydrogen-bond donors (Lipinski definition) is 3. The summed E-state index contributed by atoms with van der Waals surface area (Å²) in [6.45, 7) is 4.38. The third-order valence-corrected chi connectivity index (χ3v) is 5.41. The SMILES string of the molecule is CCOc1ccc(NC(=O)Nc2cc(NC(=O)c3ccccc3)ccc2N2CCCC2)cc1. The molecule has 1 aliphatic heterocycles. The molecule has 1 aliphatic rings. The molecule has 1 fully saturated rings. The van der Waals surface area contributed by atoms with E-state index in [-0.39, 0.29) is 11.9 Å². The first-order chi connectivity index (χ1) is 16.1. The van der Waals surface area contributed by atoms with Crippen molar-refractivity contribution in [3.05, 3.63) is 78.4 Å². The first-order valence-electron chi connectivity index (χ1n) is 11.2. The maximum Gasteiger partial charge on any atom is 0.323 e. The number of carbonyl (C=O) groups excluding carboxylic acids is 2. The Morgan fingerprint density at radius 1 is 0.848 bits per heavy atom. The van der Waals surface area contributed by atoms with Gasteiger partial charge in [0.05, 0.1) is 18.0 Å². The third kappa shape index (κ3) is 5.83. The highest BCUT2D eigenvalue weighted by Crippen LogP contribution is 2.32. The number of urea groups is 1. The summed E-state index contributed by atoms with van der Waals surface area (Å²) in [6, 6.07) is 21.5. The Kier molecular flexibility index (Phi) is 7.09.